The molecular formula is C19H20Cl2INO2. The van der Waals surface area contributed by atoms with Crippen molar-refractivity contribution in [2.45, 2.75) is 32.6 Å². The van der Waals surface area contributed by atoms with Crippen LogP contribution in [0.25, 0.3) is 0 Å². The summed E-state index contributed by atoms with van der Waals surface area (Å²) in [6.07, 6.45) is 4.42. The van der Waals surface area contributed by atoms with E-state index in [4.69, 9.17) is 27.9 Å². The molecule has 0 atom stereocenters. The Hall–Kier alpha value is -0.980. The lowest BCUT2D eigenvalue weighted by molar-refractivity contribution is 0.102. The molecule has 0 fully saturated rings. The molecule has 2 rings (SSSR count). The highest BCUT2D eigenvalue weighted by atomic mass is 127. The molecule has 6 heteroatoms. The number of rotatable bonds is 8. The number of carbonyl (C=O) groups excluding carboxylic acids is 1. The number of unbranched alkanes of at least 4 members (excludes halogenated alkanes) is 3. The van der Waals surface area contributed by atoms with Gasteiger partial charge in [0.25, 0.3) is 5.91 Å². The molecule has 1 N–H and O–H groups in total. The number of hydrogen-bond donors (Lipinski definition) is 1. The average molecular weight is 492 g/mol. The number of amides is 1. The van der Waals surface area contributed by atoms with Crippen LogP contribution in [0.1, 0.15) is 43.0 Å². The number of anilines is 1. The first-order valence-electron chi connectivity index (χ1n) is 8.20. The molecule has 0 saturated carbocycles. The minimum absolute atomic E-state index is 0.264. The molecule has 2 aromatic rings. The Morgan fingerprint density at radius 3 is 2.48 bits per heavy atom. The molecule has 0 saturated heterocycles. The van der Waals surface area contributed by atoms with Gasteiger partial charge in [-0.15, -0.1) is 0 Å². The van der Waals surface area contributed by atoms with Gasteiger partial charge in [0.15, 0.2) is 5.75 Å². The molecule has 0 radical (unpaired) electrons. The normalized spacial score (nSPS) is 10.6. The predicted octanol–water partition coefficient (Wildman–Crippen LogP) is 6.81. The number of nitrogens with one attached hydrogen (secondary N) is 1. The zero-order valence-electron chi connectivity index (χ0n) is 14.0. The molecule has 0 unspecified atom stereocenters. The van der Waals surface area contributed by atoms with Gasteiger partial charge in [-0.1, -0.05) is 55.5 Å². The van der Waals surface area contributed by atoms with Crippen molar-refractivity contribution in [1.82, 2.24) is 0 Å². The standard InChI is InChI=1S/C19H20Cl2INO2/c1-2-3-4-5-9-25-18-16(20)10-13(11-17(18)21)19(24)23-15-8-6-7-14(22)12-15/h6-8,10-12H,2-5,9H2,1H3,(H,23,24). The number of carbonyl (C=O) groups is 1. The van der Waals surface area contributed by atoms with E-state index in [9.17, 15) is 4.79 Å². The van der Waals surface area contributed by atoms with Gasteiger partial charge in [0.1, 0.15) is 0 Å². The van der Waals surface area contributed by atoms with E-state index in [0.717, 1.165) is 22.1 Å². The first-order valence-corrected chi connectivity index (χ1v) is 10.0. The van der Waals surface area contributed by atoms with Gasteiger partial charge in [0.05, 0.1) is 16.7 Å². The lowest BCUT2D eigenvalue weighted by Gasteiger charge is -2.12. The summed E-state index contributed by atoms with van der Waals surface area (Å²) >= 11 is 14.7. The van der Waals surface area contributed by atoms with E-state index in [1.807, 2.05) is 24.3 Å². The molecule has 1 amide bonds. The smallest absolute Gasteiger partial charge is 0.255 e. The fourth-order valence-corrected chi connectivity index (χ4v) is 3.44. The van der Waals surface area contributed by atoms with Gasteiger partial charge < -0.3 is 10.1 Å². The minimum atomic E-state index is -0.264. The maximum Gasteiger partial charge on any atom is 0.255 e. The van der Waals surface area contributed by atoms with E-state index >= 15 is 0 Å². The molecule has 134 valence electrons. The van der Waals surface area contributed by atoms with Gasteiger partial charge in [-0.25, -0.2) is 0 Å². The third kappa shape index (κ3) is 6.35. The number of ether oxygens (including phenoxy) is 1. The van der Waals surface area contributed by atoms with Crippen LogP contribution in [0.15, 0.2) is 36.4 Å². The van der Waals surface area contributed by atoms with Gasteiger partial charge in [-0.2, -0.15) is 0 Å². The maximum absolute atomic E-state index is 12.4. The summed E-state index contributed by atoms with van der Waals surface area (Å²) in [4.78, 5) is 12.4. The van der Waals surface area contributed by atoms with Crippen LogP contribution >= 0.6 is 45.8 Å². The lowest BCUT2D eigenvalue weighted by Crippen LogP contribution is -2.12. The second kappa shape index (κ2) is 10.2. The first-order chi connectivity index (χ1) is 12.0. The first kappa shape index (κ1) is 20.3. The molecule has 0 aliphatic rings. The highest BCUT2D eigenvalue weighted by Crippen LogP contribution is 2.34. The zero-order valence-corrected chi connectivity index (χ0v) is 17.6. The van der Waals surface area contributed by atoms with Crippen molar-refractivity contribution >= 4 is 57.4 Å². The third-order valence-corrected chi connectivity index (χ3v) is 4.82. The highest BCUT2D eigenvalue weighted by molar-refractivity contribution is 14.1. The molecule has 0 heterocycles. The summed E-state index contributed by atoms with van der Waals surface area (Å²) in [6.45, 7) is 2.72. The van der Waals surface area contributed by atoms with Crippen LogP contribution < -0.4 is 10.1 Å². The van der Waals surface area contributed by atoms with Crippen molar-refractivity contribution in [2.24, 2.45) is 0 Å². The topological polar surface area (TPSA) is 38.3 Å². The SMILES string of the molecule is CCCCCCOc1c(Cl)cc(C(=O)Nc2cccc(I)c2)cc1Cl. The lowest BCUT2D eigenvalue weighted by atomic mass is 10.2. The van der Waals surface area contributed by atoms with Crippen LogP contribution in [-0.4, -0.2) is 12.5 Å². The fourth-order valence-electron chi connectivity index (χ4n) is 2.30. The van der Waals surface area contributed by atoms with E-state index in [-0.39, 0.29) is 5.91 Å². The van der Waals surface area contributed by atoms with Crippen molar-refractivity contribution in [3.05, 3.63) is 55.6 Å². The molecule has 25 heavy (non-hydrogen) atoms. The second-order valence-corrected chi connectivity index (χ2v) is 7.70. The number of benzene rings is 2. The summed E-state index contributed by atoms with van der Waals surface area (Å²) < 4.78 is 6.73. The Kier molecular flexibility index (Phi) is 8.33. The molecule has 0 aliphatic heterocycles. The van der Waals surface area contributed by atoms with E-state index in [0.29, 0.717) is 28.0 Å². The summed E-state index contributed by atoms with van der Waals surface area (Å²) in [6, 6.07) is 10.7. The van der Waals surface area contributed by atoms with Crippen molar-refractivity contribution < 1.29 is 9.53 Å². The fraction of sp³-hybridized carbons (Fsp3) is 0.316. The summed E-state index contributed by atoms with van der Waals surface area (Å²) in [5, 5.41) is 3.52. The van der Waals surface area contributed by atoms with E-state index in [1.165, 1.54) is 12.8 Å². The van der Waals surface area contributed by atoms with Crippen LogP contribution in [0.2, 0.25) is 10.0 Å². The van der Waals surface area contributed by atoms with Crippen molar-refractivity contribution in [1.29, 1.82) is 0 Å². The van der Waals surface area contributed by atoms with Crippen molar-refractivity contribution in [3.63, 3.8) is 0 Å². The Labute approximate surface area is 172 Å². The molecule has 0 aliphatic carbocycles. The summed E-state index contributed by atoms with van der Waals surface area (Å²) in [7, 11) is 0. The van der Waals surface area contributed by atoms with Crippen molar-refractivity contribution in [3.8, 4) is 5.75 Å². The summed E-state index contributed by atoms with van der Waals surface area (Å²) in [5.41, 5.74) is 1.12. The monoisotopic (exact) mass is 491 g/mol. The average Bonchev–Trinajstić information content (AvgIpc) is 2.56. The highest BCUT2D eigenvalue weighted by Gasteiger charge is 2.14. The molecule has 0 spiro atoms. The largest absolute Gasteiger partial charge is 0.490 e. The zero-order chi connectivity index (χ0) is 18.2. The van der Waals surface area contributed by atoms with E-state index in [2.05, 4.69) is 34.8 Å². The Morgan fingerprint density at radius 2 is 1.84 bits per heavy atom. The molecule has 3 nitrogen and oxygen atoms in total. The molecule has 2 aromatic carbocycles. The Bertz CT molecular complexity index is 714. The van der Waals surface area contributed by atoms with Crippen LogP contribution in [0.5, 0.6) is 5.75 Å². The molecule has 0 aromatic heterocycles. The van der Waals surface area contributed by atoms with Gasteiger partial charge in [-0.3, -0.25) is 4.79 Å². The van der Waals surface area contributed by atoms with E-state index in [1.54, 1.807) is 12.1 Å². The minimum Gasteiger partial charge on any atom is -0.490 e. The van der Waals surface area contributed by atoms with Gasteiger partial charge in [0.2, 0.25) is 0 Å². The Morgan fingerprint density at radius 1 is 1.12 bits per heavy atom. The van der Waals surface area contributed by atoms with Crippen molar-refractivity contribution in [2.75, 3.05) is 11.9 Å². The molecular weight excluding hydrogens is 472 g/mol. The third-order valence-electron chi connectivity index (χ3n) is 3.59. The van der Waals surface area contributed by atoms with Gasteiger partial charge in [0, 0.05) is 14.8 Å². The van der Waals surface area contributed by atoms with Gasteiger partial charge in [-0.05, 0) is 59.3 Å². The van der Waals surface area contributed by atoms with Crippen LogP contribution in [0.4, 0.5) is 5.69 Å². The quantitative estimate of drug-likeness (QED) is 0.325. The van der Waals surface area contributed by atoms with Crippen LogP contribution in [0.3, 0.4) is 0 Å². The van der Waals surface area contributed by atoms with E-state index < -0.39 is 0 Å². The van der Waals surface area contributed by atoms with Gasteiger partial charge >= 0.3 is 0 Å². The maximum atomic E-state index is 12.4. The van der Waals surface area contributed by atoms with Crippen LogP contribution in [-0.2, 0) is 0 Å². The predicted molar refractivity (Wildman–Crippen MR) is 113 cm³/mol. The number of halogens is 3. The second-order valence-electron chi connectivity index (χ2n) is 5.64. The summed E-state index contributed by atoms with van der Waals surface area (Å²) in [5.74, 6) is 0.172. The number of hydrogen-bond acceptors (Lipinski definition) is 2. The Balaban J connectivity index is 2.03. The molecule has 0 bridgehead atoms. The van der Waals surface area contributed by atoms with Crippen LogP contribution in [0, 0.1) is 3.57 Å².